The first-order valence-electron chi connectivity index (χ1n) is 7.46. The minimum atomic E-state index is 0.0778. The third-order valence-electron chi connectivity index (χ3n) is 4.12. The molecule has 0 bridgehead atoms. The number of piperazine rings is 1. The molecule has 1 unspecified atom stereocenters. The first kappa shape index (κ1) is 14.5. The predicted octanol–water partition coefficient (Wildman–Crippen LogP) is 1.86. The van der Waals surface area contributed by atoms with Crippen molar-refractivity contribution >= 4 is 11.7 Å². The van der Waals surface area contributed by atoms with Gasteiger partial charge in [-0.05, 0) is 24.7 Å². The van der Waals surface area contributed by atoms with Gasteiger partial charge in [0.1, 0.15) is 11.7 Å². The van der Waals surface area contributed by atoms with Crippen LogP contribution in [-0.2, 0) is 0 Å². The zero-order valence-corrected chi connectivity index (χ0v) is 12.7. The van der Waals surface area contributed by atoms with Crippen LogP contribution >= 0.6 is 0 Å². The molecule has 1 aromatic heterocycles. The second kappa shape index (κ2) is 6.15. The number of nitrogens with two attached hydrogens (primary N) is 1. The lowest BCUT2D eigenvalue weighted by Gasteiger charge is -2.41. The summed E-state index contributed by atoms with van der Waals surface area (Å²) in [4.78, 5) is 9.15. The first-order chi connectivity index (χ1) is 10.6. The van der Waals surface area contributed by atoms with Crippen molar-refractivity contribution in [3.05, 3.63) is 59.8 Å². The molecule has 1 fully saturated rings. The van der Waals surface area contributed by atoms with E-state index in [1.165, 1.54) is 5.56 Å². The summed E-state index contributed by atoms with van der Waals surface area (Å²) >= 11 is 0. The van der Waals surface area contributed by atoms with Gasteiger partial charge in [0, 0.05) is 31.4 Å². The lowest BCUT2D eigenvalue weighted by molar-refractivity contribution is 0.268. The number of amidine groups is 1. The Hall–Kier alpha value is -2.40. The van der Waals surface area contributed by atoms with Gasteiger partial charge in [0.05, 0.1) is 6.04 Å². The maximum atomic E-state index is 7.62. The first-order valence-corrected chi connectivity index (χ1v) is 7.46. The molecule has 5 nitrogen and oxygen atoms in total. The van der Waals surface area contributed by atoms with Gasteiger partial charge in [-0.2, -0.15) is 0 Å². The molecule has 2 aromatic rings. The molecule has 1 aliphatic rings. The van der Waals surface area contributed by atoms with Gasteiger partial charge < -0.3 is 15.5 Å². The van der Waals surface area contributed by atoms with E-state index in [1.54, 1.807) is 12.3 Å². The molecule has 3 N–H and O–H groups in total. The Bertz CT molecular complexity index is 655. The van der Waals surface area contributed by atoms with Gasteiger partial charge in [0.15, 0.2) is 0 Å². The molecule has 3 rings (SSSR count). The summed E-state index contributed by atoms with van der Waals surface area (Å²) in [5, 5.41) is 7.62. The van der Waals surface area contributed by atoms with Crippen molar-refractivity contribution in [2.24, 2.45) is 5.73 Å². The molecule has 1 aromatic carbocycles. The van der Waals surface area contributed by atoms with Crippen LogP contribution in [0, 0.1) is 5.41 Å². The molecule has 0 radical (unpaired) electrons. The average Bonchev–Trinajstić information content (AvgIpc) is 2.55. The van der Waals surface area contributed by atoms with E-state index in [4.69, 9.17) is 11.1 Å². The van der Waals surface area contributed by atoms with Crippen LogP contribution in [0.3, 0.4) is 0 Å². The lowest BCUT2D eigenvalue weighted by atomic mass is 10.0. The van der Waals surface area contributed by atoms with E-state index >= 15 is 0 Å². The Balaban J connectivity index is 1.96. The number of rotatable bonds is 3. The summed E-state index contributed by atoms with van der Waals surface area (Å²) in [6, 6.07) is 14.4. The molecule has 0 aliphatic carbocycles. The molecule has 22 heavy (non-hydrogen) atoms. The highest BCUT2D eigenvalue weighted by molar-refractivity contribution is 5.95. The number of anilines is 1. The van der Waals surface area contributed by atoms with Gasteiger partial charge in [0.25, 0.3) is 0 Å². The maximum Gasteiger partial charge on any atom is 0.129 e. The van der Waals surface area contributed by atoms with Crippen molar-refractivity contribution in [3.8, 4) is 0 Å². The lowest BCUT2D eigenvalue weighted by Crippen LogP contribution is -2.47. The highest BCUT2D eigenvalue weighted by Gasteiger charge is 2.27. The molecule has 114 valence electrons. The predicted molar refractivity (Wildman–Crippen MR) is 89.3 cm³/mol. The van der Waals surface area contributed by atoms with Gasteiger partial charge in [-0.3, -0.25) is 5.41 Å². The van der Waals surface area contributed by atoms with Crippen molar-refractivity contribution in [2.75, 3.05) is 31.6 Å². The number of aromatic nitrogens is 1. The average molecular weight is 295 g/mol. The van der Waals surface area contributed by atoms with Crippen LogP contribution in [0.25, 0.3) is 0 Å². The highest BCUT2D eigenvalue weighted by Crippen LogP contribution is 2.29. The normalized spacial score (nSPS) is 19.1. The quantitative estimate of drug-likeness (QED) is 0.670. The second-order valence-corrected chi connectivity index (χ2v) is 5.70. The van der Waals surface area contributed by atoms with Crippen molar-refractivity contribution in [3.63, 3.8) is 0 Å². The number of likely N-dealkylation sites (N-methyl/N-ethyl adjacent to an activating group) is 1. The third-order valence-corrected chi connectivity index (χ3v) is 4.12. The van der Waals surface area contributed by atoms with E-state index in [0.29, 0.717) is 0 Å². The number of nitrogen functional groups attached to an aromatic ring is 1. The zero-order chi connectivity index (χ0) is 15.5. The van der Waals surface area contributed by atoms with Crippen LogP contribution in [0.2, 0.25) is 0 Å². The number of nitrogens with one attached hydrogen (secondary N) is 1. The SMILES string of the molecule is CN1CCN(c2cc(C(=N)N)ccn2)C(c2ccccc2)C1. The van der Waals surface area contributed by atoms with Crippen LogP contribution in [-0.4, -0.2) is 42.4 Å². The number of pyridine rings is 1. The molecule has 0 amide bonds. The fourth-order valence-electron chi connectivity index (χ4n) is 2.90. The fourth-order valence-corrected chi connectivity index (χ4v) is 2.90. The van der Waals surface area contributed by atoms with E-state index in [0.717, 1.165) is 31.0 Å². The molecule has 0 spiro atoms. The molecule has 2 heterocycles. The van der Waals surface area contributed by atoms with Crippen molar-refractivity contribution in [2.45, 2.75) is 6.04 Å². The number of nitrogens with zero attached hydrogens (tertiary/aromatic N) is 3. The van der Waals surface area contributed by atoms with Gasteiger partial charge in [-0.1, -0.05) is 30.3 Å². The zero-order valence-electron chi connectivity index (χ0n) is 12.7. The molecular weight excluding hydrogens is 274 g/mol. The molecule has 1 aliphatic heterocycles. The molecular formula is C17H21N5. The third kappa shape index (κ3) is 2.94. The van der Waals surface area contributed by atoms with Crippen molar-refractivity contribution < 1.29 is 0 Å². The van der Waals surface area contributed by atoms with Crippen LogP contribution in [0.15, 0.2) is 48.7 Å². The number of hydrogen-bond donors (Lipinski definition) is 2. The van der Waals surface area contributed by atoms with Gasteiger partial charge in [-0.15, -0.1) is 0 Å². The smallest absolute Gasteiger partial charge is 0.129 e. The Morgan fingerprint density at radius 1 is 1.23 bits per heavy atom. The Morgan fingerprint density at radius 2 is 2.00 bits per heavy atom. The standard InChI is InChI=1S/C17H21N5/c1-21-9-10-22(15(12-21)13-5-3-2-4-6-13)16-11-14(17(18)19)7-8-20-16/h2-8,11,15H,9-10,12H2,1H3,(H3,18,19). The van der Waals surface area contributed by atoms with Crippen LogP contribution in [0.1, 0.15) is 17.2 Å². The van der Waals surface area contributed by atoms with Crippen molar-refractivity contribution in [1.82, 2.24) is 9.88 Å². The minimum Gasteiger partial charge on any atom is -0.384 e. The van der Waals surface area contributed by atoms with Gasteiger partial charge in [-0.25, -0.2) is 4.98 Å². The maximum absolute atomic E-state index is 7.62. The van der Waals surface area contributed by atoms with E-state index in [2.05, 4.69) is 46.1 Å². The summed E-state index contributed by atoms with van der Waals surface area (Å²) in [6.45, 7) is 2.86. The van der Waals surface area contributed by atoms with Crippen LogP contribution in [0.4, 0.5) is 5.82 Å². The van der Waals surface area contributed by atoms with E-state index < -0.39 is 0 Å². The summed E-state index contributed by atoms with van der Waals surface area (Å²) in [5.74, 6) is 0.962. The molecule has 0 saturated carbocycles. The summed E-state index contributed by atoms with van der Waals surface area (Å²) in [6.07, 6.45) is 1.73. The monoisotopic (exact) mass is 295 g/mol. The summed E-state index contributed by atoms with van der Waals surface area (Å²) in [5.41, 5.74) is 7.61. The Kier molecular flexibility index (Phi) is 4.06. The number of hydrogen-bond acceptors (Lipinski definition) is 4. The Labute approximate surface area is 130 Å². The minimum absolute atomic E-state index is 0.0778. The van der Waals surface area contributed by atoms with E-state index in [9.17, 15) is 0 Å². The summed E-state index contributed by atoms with van der Waals surface area (Å²) in [7, 11) is 2.15. The number of benzene rings is 1. The summed E-state index contributed by atoms with van der Waals surface area (Å²) < 4.78 is 0. The van der Waals surface area contributed by atoms with Gasteiger partial charge >= 0.3 is 0 Å². The molecule has 1 saturated heterocycles. The fraction of sp³-hybridized carbons (Fsp3) is 0.294. The van der Waals surface area contributed by atoms with E-state index in [1.807, 2.05) is 12.1 Å². The largest absolute Gasteiger partial charge is 0.384 e. The van der Waals surface area contributed by atoms with E-state index in [-0.39, 0.29) is 11.9 Å². The van der Waals surface area contributed by atoms with Crippen LogP contribution in [0.5, 0.6) is 0 Å². The van der Waals surface area contributed by atoms with Gasteiger partial charge in [0.2, 0.25) is 0 Å². The van der Waals surface area contributed by atoms with Crippen LogP contribution < -0.4 is 10.6 Å². The second-order valence-electron chi connectivity index (χ2n) is 5.70. The topological polar surface area (TPSA) is 69.2 Å². The molecule has 5 heteroatoms. The highest BCUT2D eigenvalue weighted by atomic mass is 15.3. The molecule has 1 atom stereocenters. The Morgan fingerprint density at radius 3 is 2.73 bits per heavy atom. The van der Waals surface area contributed by atoms with Crippen molar-refractivity contribution in [1.29, 1.82) is 5.41 Å².